The molecule has 0 saturated carbocycles. The van der Waals surface area contributed by atoms with Crippen LogP contribution in [0, 0.1) is 0 Å². The highest BCUT2D eigenvalue weighted by Gasteiger charge is 2.46. The number of hydrogen-bond acceptors (Lipinski definition) is 2. The monoisotopic (exact) mass is 606 g/mol. The average molecular weight is 607 g/mol. The van der Waals surface area contributed by atoms with Gasteiger partial charge < -0.3 is 9.80 Å². The van der Waals surface area contributed by atoms with E-state index in [0.29, 0.717) is 0 Å². The lowest BCUT2D eigenvalue weighted by Crippen LogP contribution is -2.61. The van der Waals surface area contributed by atoms with Crippen molar-refractivity contribution in [2.75, 3.05) is 9.80 Å². The highest BCUT2D eigenvalue weighted by atomic mass is 15.2. The predicted octanol–water partition coefficient (Wildman–Crippen LogP) is 10.1. The largest absolute Gasteiger partial charge is 0.311 e. The Balaban J connectivity index is 1.33. The molecule has 0 aliphatic carbocycles. The van der Waals surface area contributed by atoms with E-state index in [9.17, 15) is 0 Å². The van der Waals surface area contributed by atoms with Crippen LogP contribution in [0.1, 0.15) is 50.7 Å². The van der Waals surface area contributed by atoms with Crippen molar-refractivity contribution < 1.29 is 0 Å². The van der Waals surface area contributed by atoms with Crippen LogP contribution >= 0.6 is 0 Å². The highest BCUT2D eigenvalue weighted by molar-refractivity contribution is 7.02. The van der Waals surface area contributed by atoms with Crippen LogP contribution in [0.2, 0.25) is 0 Å². The lowest BCUT2D eigenvalue weighted by Gasteiger charge is -2.44. The molecular formula is C44H39BN2. The molecule has 2 nitrogen and oxygen atoms in total. The molecule has 0 bridgehead atoms. The van der Waals surface area contributed by atoms with Crippen molar-refractivity contribution in [2.45, 2.75) is 52.4 Å². The fraction of sp³-hybridized carbons (Fsp3) is 0.182. The Kier molecular flexibility index (Phi) is 6.82. The Bertz CT molecular complexity index is 1980. The maximum atomic E-state index is 2.53. The summed E-state index contributed by atoms with van der Waals surface area (Å²) in [6, 6.07) is 48.6. The van der Waals surface area contributed by atoms with Crippen LogP contribution < -0.4 is 26.2 Å². The van der Waals surface area contributed by atoms with Gasteiger partial charge in [0.2, 0.25) is 0 Å². The van der Waals surface area contributed by atoms with Gasteiger partial charge in [0, 0.05) is 34.1 Å². The van der Waals surface area contributed by atoms with E-state index in [4.69, 9.17) is 0 Å². The maximum absolute atomic E-state index is 2.53. The Labute approximate surface area is 279 Å². The molecule has 3 heterocycles. The first kappa shape index (κ1) is 28.2. The first-order valence-electron chi connectivity index (χ1n) is 17.5. The fourth-order valence-corrected chi connectivity index (χ4v) is 8.39. The summed E-state index contributed by atoms with van der Waals surface area (Å²) in [5, 5.41) is 0. The zero-order valence-electron chi connectivity index (χ0n) is 27.3. The van der Waals surface area contributed by atoms with E-state index in [-0.39, 0.29) is 6.71 Å². The molecule has 3 aliphatic heterocycles. The number of hydrogen-bond donors (Lipinski definition) is 0. The molecule has 0 fully saturated rings. The van der Waals surface area contributed by atoms with Crippen molar-refractivity contribution in [3.8, 4) is 22.3 Å². The highest BCUT2D eigenvalue weighted by Crippen LogP contribution is 2.48. The summed E-state index contributed by atoms with van der Waals surface area (Å²) in [6.07, 6.45) is 7.13. The number of nitrogens with zero attached hydrogens (tertiary/aromatic N) is 2. The molecule has 228 valence electrons. The number of anilines is 6. The summed E-state index contributed by atoms with van der Waals surface area (Å²) < 4.78 is 0. The Hall–Kier alpha value is -5.02. The number of rotatable bonds is 8. The third kappa shape index (κ3) is 4.33. The van der Waals surface area contributed by atoms with Gasteiger partial charge in [-0.1, -0.05) is 106 Å². The van der Waals surface area contributed by atoms with Crippen LogP contribution in [0.25, 0.3) is 22.3 Å². The van der Waals surface area contributed by atoms with Crippen molar-refractivity contribution >= 4 is 57.2 Å². The third-order valence-electron chi connectivity index (χ3n) is 10.6. The smallest absolute Gasteiger partial charge is 0.253 e. The molecule has 0 radical (unpaired) electrons. The molecule has 0 saturated heterocycles. The topological polar surface area (TPSA) is 6.48 Å². The van der Waals surface area contributed by atoms with Gasteiger partial charge in [0.1, 0.15) is 0 Å². The van der Waals surface area contributed by atoms with E-state index in [1.165, 1.54) is 110 Å². The van der Waals surface area contributed by atoms with Crippen LogP contribution in [0.15, 0.2) is 127 Å². The molecule has 47 heavy (non-hydrogen) atoms. The van der Waals surface area contributed by atoms with Crippen molar-refractivity contribution in [1.29, 1.82) is 0 Å². The van der Waals surface area contributed by atoms with Gasteiger partial charge >= 0.3 is 0 Å². The van der Waals surface area contributed by atoms with Crippen molar-refractivity contribution in [3.05, 3.63) is 139 Å². The summed E-state index contributed by atoms with van der Waals surface area (Å²) >= 11 is 0. The first-order valence-corrected chi connectivity index (χ1v) is 17.5. The average Bonchev–Trinajstić information content (AvgIpc) is 3.25. The van der Waals surface area contributed by atoms with Crippen molar-refractivity contribution in [3.63, 3.8) is 0 Å². The summed E-state index contributed by atoms with van der Waals surface area (Å²) in [4.78, 5) is 5.07. The van der Waals surface area contributed by atoms with E-state index in [1.54, 1.807) is 0 Å². The predicted molar refractivity (Wildman–Crippen MR) is 202 cm³/mol. The van der Waals surface area contributed by atoms with Crippen LogP contribution in [0.3, 0.4) is 0 Å². The lowest BCUT2D eigenvalue weighted by atomic mass is 9.32. The van der Waals surface area contributed by atoms with Gasteiger partial charge in [-0.05, 0) is 124 Å². The van der Waals surface area contributed by atoms with E-state index in [0.717, 1.165) is 12.8 Å². The normalized spacial score (nSPS) is 13.3. The Morgan fingerprint density at radius 1 is 0.404 bits per heavy atom. The van der Waals surface area contributed by atoms with Gasteiger partial charge in [-0.25, -0.2) is 0 Å². The molecule has 0 unspecified atom stereocenters. The van der Waals surface area contributed by atoms with E-state index < -0.39 is 0 Å². The summed E-state index contributed by atoms with van der Waals surface area (Å²) in [5.74, 6) is 0. The number of aryl methyl sites for hydroxylation is 2. The zero-order chi connectivity index (χ0) is 31.5. The number of unbranched alkanes of at least 4 members (excludes halogenated alkanes) is 2. The van der Waals surface area contributed by atoms with Gasteiger partial charge in [-0.15, -0.1) is 0 Å². The molecule has 6 aromatic carbocycles. The number of benzene rings is 6. The Morgan fingerprint density at radius 2 is 0.787 bits per heavy atom. The van der Waals surface area contributed by atoms with Gasteiger partial charge in [0.05, 0.1) is 0 Å². The Morgan fingerprint density at radius 3 is 1.21 bits per heavy atom. The van der Waals surface area contributed by atoms with Crippen LogP contribution in [0.4, 0.5) is 34.1 Å². The maximum Gasteiger partial charge on any atom is 0.253 e. The third-order valence-corrected chi connectivity index (χ3v) is 10.6. The molecule has 0 aromatic heterocycles. The number of fused-ring (bicyclic) bond motifs is 3. The molecule has 9 rings (SSSR count). The second kappa shape index (κ2) is 11.3. The fourth-order valence-electron chi connectivity index (χ4n) is 8.39. The van der Waals surface area contributed by atoms with Gasteiger partial charge in [-0.2, -0.15) is 0 Å². The standard InChI is InChI=1S/C44H39BN2/c1-3-5-12-30-22-26-32(27-23-30)46-38-18-9-16-36-34-14-7-8-15-35(34)37-17-10-19-39-43(37)45(42(36)38)44-40(46)20-11-21-41(44)47(39)33-28-24-31(25-29-33)13-6-4-2/h7-11,14-29H,3-6,12-13H2,1-2H3. The van der Waals surface area contributed by atoms with Crippen molar-refractivity contribution in [1.82, 2.24) is 0 Å². The molecule has 3 heteroatoms. The van der Waals surface area contributed by atoms with Crippen molar-refractivity contribution in [2.24, 2.45) is 0 Å². The van der Waals surface area contributed by atoms with Crippen LogP contribution in [-0.2, 0) is 12.8 Å². The lowest BCUT2D eigenvalue weighted by molar-refractivity contribution is 0.795. The molecular weight excluding hydrogens is 567 g/mol. The minimum atomic E-state index is 0.131. The zero-order valence-corrected chi connectivity index (χ0v) is 27.3. The van der Waals surface area contributed by atoms with E-state index in [2.05, 4.69) is 151 Å². The molecule has 3 aliphatic rings. The van der Waals surface area contributed by atoms with Gasteiger partial charge in [0.15, 0.2) is 0 Å². The molecule has 0 spiro atoms. The quantitative estimate of drug-likeness (QED) is 0.159. The second-order valence-corrected chi connectivity index (χ2v) is 13.4. The second-order valence-electron chi connectivity index (χ2n) is 13.4. The molecule has 0 amide bonds. The van der Waals surface area contributed by atoms with Crippen LogP contribution in [-0.4, -0.2) is 6.71 Å². The first-order chi connectivity index (χ1) is 23.3. The van der Waals surface area contributed by atoms with Gasteiger partial charge in [0.25, 0.3) is 6.71 Å². The molecule has 6 aromatic rings. The molecule has 0 atom stereocenters. The molecule has 0 N–H and O–H groups in total. The van der Waals surface area contributed by atoms with Crippen LogP contribution in [0.5, 0.6) is 0 Å². The summed E-state index contributed by atoms with van der Waals surface area (Å²) in [7, 11) is 0. The van der Waals surface area contributed by atoms with Gasteiger partial charge in [-0.3, -0.25) is 0 Å². The SMILES string of the molecule is CCCCc1ccc(N2c3cccc4c3B3c5c(cccc5N(c5ccc(CCCC)cc5)c5cccc2c53)-c2ccccc2-4)cc1. The summed E-state index contributed by atoms with van der Waals surface area (Å²) in [5.41, 5.74) is 19.9. The van der Waals surface area contributed by atoms with E-state index in [1.807, 2.05) is 0 Å². The van der Waals surface area contributed by atoms with E-state index >= 15 is 0 Å². The summed E-state index contributed by atoms with van der Waals surface area (Å²) in [6.45, 7) is 4.67. The minimum Gasteiger partial charge on any atom is -0.311 e. The minimum absolute atomic E-state index is 0.131.